The van der Waals surface area contributed by atoms with E-state index in [1.807, 2.05) is 24.3 Å². The van der Waals surface area contributed by atoms with Crippen LogP contribution in [0.15, 0.2) is 42.5 Å². The minimum Gasteiger partial charge on any atom is -0.388 e. The van der Waals surface area contributed by atoms with Gasteiger partial charge in [0.2, 0.25) is 0 Å². The highest BCUT2D eigenvalue weighted by Crippen LogP contribution is 2.27. The molecule has 0 fully saturated rings. The van der Waals surface area contributed by atoms with E-state index in [0.717, 1.165) is 11.1 Å². The highest BCUT2D eigenvalue weighted by molar-refractivity contribution is 5.37. The van der Waals surface area contributed by atoms with Gasteiger partial charge in [-0.15, -0.1) is 0 Å². The zero-order valence-electron chi connectivity index (χ0n) is 12.5. The van der Waals surface area contributed by atoms with Crippen molar-refractivity contribution in [3.63, 3.8) is 0 Å². The van der Waals surface area contributed by atoms with Crippen LogP contribution in [0, 0.1) is 0 Å². The molecule has 0 heterocycles. The number of rotatable bonds is 5. The van der Waals surface area contributed by atoms with Crippen LogP contribution in [0.25, 0.3) is 0 Å². The molecule has 1 aliphatic rings. The standard InChI is InChI=1S/C19H22O2/c1-21-13-17-5-2-3-8-18(17)19(20)12-14-9-10-15-6-4-7-16(15)11-14/h2-3,5,8-11,19-20H,4,6-7,12-13H2,1H3. The Morgan fingerprint density at radius 1 is 1.10 bits per heavy atom. The Balaban J connectivity index is 1.78. The molecular weight excluding hydrogens is 260 g/mol. The lowest BCUT2D eigenvalue weighted by atomic mass is 9.96. The van der Waals surface area contributed by atoms with Gasteiger partial charge in [-0.1, -0.05) is 42.5 Å². The number of aliphatic hydroxyl groups is 1. The summed E-state index contributed by atoms with van der Waals surface area (Å²) in [6.07, 6.45) is 3.83. The lowest BCUT2D eigenvalue weighted by molar-refractivity contribution is 0.161. The lowest BCUT2D eigenvalue weighted by Crippen LogP contribution is -2.06. The quantitative estimate of drug-likeness (QED) is 0.908. The van der Waals surface area contributed by atoms with E-state index in [2.05, 4.69) is 18.2 Å². The summed E-state index contributed by atoms with van der Waals surface area (Å²) >= 11 is 0. The molecule has 0 radical (unpaired) electrons. The number of methoxy groups -OCH3 is 1. The van der Waals surface area contributed by atoms with Gasteiger partial charge in [-0.05, 0) is 47.1 Å². The number of ether oxygens (including phenoxy) is 1. The Morgan fingerprint density at radius 2 is 1.90 bits per heavy atom. The Kier molecular flexibility index (Phi) is 4.37. The first-order valence-electron chi connectivity index (χ1n) is 7.63. The number of aryl methyl sites for hydroxylation is 2. The Labute approximate surface area is 126 Å². The molecule has 0 aromatic heterocycles. The molecule has 0 saturated carbocycles. The van der Waals surface area contributed by atoms with Gasteiger partial charge >= 0.3 is 0 Å². The van der Waals surface area contributed by atoms with Crippen LogP contribution >= 0.6 is 0 Å². The molecule has 0 amide bonds. The SMILES string of the molecule is COCc1ccccc1C(O)Cc1ccc2c(c1)CCC2. The molecule has 21 heavy (non-hydrogen) atoms. The van der Waals surface area contributed by atoms with E-state index in [1.54, 1.807) is 7.11 Å². The van der Waals surface area contributed by atoms with Gasteiger partial charge in [0.1, 0.15) is 0 Å². The molecule has 2 aromatic carbocycles. The summed E-state index contributed by atoms with van der Waals surface area (Å²) in [5.74, 6) is 0. The third kappa shape index (κ3) is 3.17. The first kappa shape index (κ1) is 14.3. The highest BCUT2D eigenvalue weighted by atomic mass is 16.5. The van der Waals surface area contributed by atoms with Crippen LogP contribution in [0.5, 0.6) is 0 Å². The Hall–Kier alpha value is -1.64. The van der Waals surface area contributed by atoms with Gasteiger partial charge in [0.25, 0.3) is 0 Å². The van der Waals surface area contributed by atoms with Crippen LogP contribution < -0.4 is 0 Å². The molecule has 0 saturated heterocycles. The minimum atomic E-state index is -0.476. The van der Waals surface area contributed by atoms with E-state index in [1.165, 1.54) is 36.0 Å². The molecule has 3 rings (SSSR count). The summed E-state index contributed by atoms with van der Waals surface area (Å²) < 4.78 is 5.22. The number of benzene rings is 2. The first-order valence-corrected chi connectivity index (χ1v) is 7.63. The largest absolute Gasteiger partial charge is 0.388 e. The second-order valence-electron chi connectivity index (χ2n) is 5.81. The van der Waals surface area contributed by atoms with Gasteiger partial charge in [-0.3, -0.25) is 0 Å². The van der Waals surface area contributed by atoms with E-state index in [9.17, 15) is 5.11 Å². The van der Waals surface area contributed by atoms with Crippen molar-refractivity contribution >= 4 is 0 Å². The number of hydrogen-bond acceptors (Lipinski definition) is 2. The molecule has 2 heteroatoms. The summed E-state index contributed by atoms with van der Waals surface area (Å²) in [6.45, 7) is 0.539. The molecule has 2 nitrogen and oxygen atoms in total. The zero-order valence-corrected chi connectivity index (χ0v) is 12.5. The molecule has 0 bridgehead atoms. The van der Waals surface area contributed by atoms with Gasteiger partial charge in [0, 0.05) is 13.5 Å². The van der Waals surface area contributed by atoms with Gasteiger partial charge in [-0.25, -0.2) is 0 Å². The molecular formula is C19H22O2. The summed E-state index contributed by atoms with van der Waals surface area (Å²) in [5, 5.41) is 10.6. The van der Waals surface area contributed by atoms with Crippen LogP contribution in [0.3, 0.4) is 0 Å². The zero-order chi connectivity index (χ0) is 14.7. The Bertz CT molecular complexity index is 619. The van der Waals surface area contributed by atoms with Crippen molar-refractivity contribution in [1.82, 2.24) is 0 Å². The summed E-state index contributed by atoms with van der Waals surface area (Å²) in [7, 11) is 1.68. The predicted molar refractivity (Wildman–Crippen MR) is 84.3 cm³/mol. The van der Waals surface area contributed by atoms with Crippen molar-refractivity contribution in [1.29, 1.82) is 0 Å². The van der Waals surface area contributed by atoms with Crippen LogP contribution in [0.1, 0.15) is 40.3 Å². The van der Waals surface area contributed by atoms with Gasteiger partial charge in [0.05, 0.1) is 12.7 Å². The van der Waals surface area contributed by atoms with Gasteiger partial charge in [-0.2, -0.15) is 0 Å². The maximum Gasteiger partial charge on any atom is 0.0833 e. The highest BCUT2D eigenvalue weighted by Gasteiger charge is 2.15. The molecule has 1 aliphatic carbocycles. The monoisotopic (exact) mass is 282 g/mol. The van der Waals surface area contributed by atoms with Crippen molar-refractivity contribution in [3.8, 4) is 0 Å². The van der Waals surface area contributed by atoms with Gasteiger partial charge in [0.15, 0.2) is 0 Å². The fourth-order valence-corrected chi connectivity index (χ4v) is 3.23. The average Bonchev–Trinajstić information content (AvgIpc) is 2.95. The van der Waals surface area contributed by atoms with E-state index < -0.39 is 6.10 Å². The number of hydrogen-bond donors (Lipinski definition) is 1. The second-order valence-corrected chi connectivity index (χ2v) is 5.81. The van der Waals surface area contributed by atoms with Gasteiger partial charge < -0.3 is 9.84 Å². The molecule has 1 N–H and O–H groups in total. The fourth-order valence-electron chi connectivity index (χ4n) is 3.23. The lowest BCUT2D eigenvalue weighted by Gasteiger charge is -2.16. The van der Waals surface area contributed by atoms with Crippen LogP contribution in [0.4, 0.5) is 0 Å². The molecule has 1 unspecified atom stereocenters. The normalized spacial score (nSPS) is 15.0. The smallest absolute Gasteiger partial charge is 0.0833 e. The predicted octanol–water partition coefficient (Wildman–Crippen LogP) is 3.60. The maximum atomic E-state index is 10.6. The van der Waals surface area contributed by atoms with Crippen molar-refractivity contribution in [2.45, 2.75) is 38.4 Å². The molecule has 110 valence electrons. The second kappa shape index (κ2) is 6.42. The third-order valence-electron chi connectivity index (χ3n) is 4.31. The van der Waals surface area contributed by atoms with Crippen LogP contribution in [-0.2, 0) is 30.6 Å². The topological polar surface area (TPSA) is 29.5 Å². The summed E-state index contributed by atoms with van der Waals surface area (Å²) in [5.41, 5.74) is 6.20. The van der Waals surface area contributed by atoms with E-state index in [-0.39, 0.29) is 0 Å². The average molecular weight is 282 g/mol. The van der Waals surface area contributed by atoms with Crippen molar-refractivity contribution in [3.05, 3.63) is 70.3 Å². The van der Waals surface area contributed by atoms with E-state index in [4.69, 9.17) is 4.74 Å². The first-order chi connectivity index (χ1) is 10.3. The summed E-state index contributed by atoms with van der Waals surface area (Å²) in [6, 6.07) is 14.6. The molecule has 0 spiro atoms. The Morgan fingerprint density at radius 3 is 2.76 bits per heavy atom. The van der Waals surface area contributed by atoms with Crippen molar-refractivity contribution in [2.75, 3.05) is 7.11 Å². The number of fused-ring (bicyclic) bond motifs is 1. The summed E-state index contributed by atoms with van der Waals surface area (Å²) in [4.78, 5) is 0. The van der Waals surface area contributed by atoms with Crippen LogP contribution in [0.2, 0.25) is 0 Å². The molecule has 0 aliphatic heterocycles. The molecule has 1 atom stereocenters. The van der Waals surface area contributed by atoms with Crippen LogP contribution in [-0.4, -0.2) is 12.2 Å². The number of aliphatic hydroxyl groups excluding tert-OH is 1. The molecule has 2 aromatic rings. The van der Waals surface area contributed by atoms with E-state index in [0.29, 0.717) is 13.0 Å². The van der Waals surface area contributed by atoms with Crippen molar-refractivity contribution in [2.24, 2.45) is 0 Å². The van der Waals surface area contributed by atoms with E-state index >= 15 is 0 Å². The fraction of sp³-hybridized carbons (Fsp3) is 0.368. The van der Waals surface area contributed by atoms with Crippen molar-refractivity contribution < 1.29 is 9.84 Å². The third-order valence-corrected chi connectivity index (χ3v) is 4.31. The minimum absolute atomic E-state index is 0.476. The maximum absolute atomic E-state index is 10.6.